The first kappa shape index (κ1) is 12.7. The Morgan fingerprint density at radius 2 is 2.00 bits per heavy atom. The van der Waals surface area contributed by atoms with Crippen molar-refractivity contribution in [1.29, 1.82) is 0 Å². The highest BCUT2D eigenvalue weighted by atomic mass is 35.7. The molecule has 0 amide bonds. The van der Waals surface area contributed by atoms with Crippen molar-refractivity contribution >= 4 is 31.5 Å². The lowest BCUT2D eigenvalue weighted by molar-refractivity contribution is 0.563. The Bertz CT molecular complexity index is 474. The third-order valence-corrected chi connectivity index (χ3v) is 3.35. The van der Waals surface area contributed by atoms with E-state index in [1.807, 2.05) is 0 Å². The van der Waals surface area contributed by atoms with Gasteiger partial charge in [-0.2, -0.15) is 0 Å². The van der Waals surface area contributed by atoms with Crippen LogP contribution < -0.4 is 0 Å². The molecule has 84 valence electrons. The zero-order chi connectivity index (χ0) is 11.6. The molecule has 0 bridgehead atoms. The number of rotatable bonds is 3. The lowest BCUT2D eigenvalue weighted by Gasteiger charge is -2.05. The van der Waals surface area contributed by atoms with Gasteiger partial charge in [0, 0.05) is 21.1 Å². The minimum absolute atomic E-state index is 0.0605. The molecule has 0 aliphatic carbocycles. The van der Waals surface area contributed by atoms with E-state index in [2.05, 4.69) is 0 Å². The summed E-state index contributed by atoms with van der Waals surface area (Å²) in [7, 11) is 1.08. The fraction of sp³-hybridized carbons (Fsp3) is 0.250. The molecule has 0 fully saturated rings. The van der Waals surface area contributed by atoms with E-state index < -0.39 is 26.4 Å². The van der Waals surface area contributed by atoms with Crippen molar-refractivity contribution in [3.63, 3.8) is 0 Å². The predicted molar refractivity (Wildman–Crippen MR) is 56.6 cm³/mol. The standard InChI is InChI=1S/C8H7ClF2O2S2/c1-14-7-3-6(10)2-5(8(7)11)4-15(9,12)13/h2-3H,4H2,1H3. The molecule has 0 spiro atoms. The number of hydrogen-bond donors (Lipinski definition) is 0. The van der Waals surface area contributed by atoms with E-state index in [-0.39, 0.29) is 10.5 Å². The average Bonchev–Trinajstić information content (AvgIpc) is 2.08. The molecule has 0 heterocycles. The van der Waals surface area contributed by atoms with Crippen molar-refractivity contribution in [3.05, 3.63) is 29.3 Å². The zero-order valence-corrected chi connectivity index (χ0v) is 10.0. The van der Waals surface area contributed by atoms with E-state index >= 15 is 0 Å². The van der Waals surface area contributed by atoms with Crippen molar-refractivity contribution in [3.8, 4) is 0 Å². The topological polar surface area (TPSA) is 34.1 Å². The fourth-order valence-corrected chi connectivity index (χ4v) is 2.53. The van der Waals surface area contributed by atoms with Crippen LogP contribution in [0.4, 0.5) is 8.78 Å². The summed E-state index contributed by atoms with van der Waals surface area (Å²) in [6.07, 6.45) is 1.57. The van der Waals surface area contributed by atoms with Crippen LogP contribution in [-0.4, -0.2) is 14.7 Å². The second kappa shape index (κ2) is 4.67. The highest BCUT2D eigenvalue weighted by Crippen LogP contribution is 2.25. The largest absolute Gasteiger partial charge is 0.236 e. The molecule has 0 saturated heterocycles. The molecule has 15 heavy (non-hydrogen) atoms. The molecule has 1 aromatic carbocycles. The number of hydrogen-bond acceptors (Lipinski definition) is 3. The molecule has 1 rings (SSSR count). The Morgan fingerprint density at radius 1 is 1.40 bits per heavy atom. The molecule has 0 N–H and O–H groups in total. The Hall–Kier alpha value is -0.330. The SMILES string of the molecule is CSc1cc(F)cc(CS(=O)(=O)Cl)c1F. The minimum Gasteiger partial charge on any atom is -0.212 e. The Labute approximate surface area is 95.0 Å². The third kappa shape index (κ3) is 3.62. The van der Waals surface area contributed by atoms with Gasteiger partial charge in [-0.15, -0.1) is 11.8 Å². The highest BCUT2D eigenvalue weighted by molar-refractivity contribution is 8.13. The maximum Gasteiger partial charge on any atom is 0.236 e. The number of benzene rings is 1. The quantitative estimate of drug-likeness (QED) is 0.627. The van der Waals surface area contributed by atoms with Gasteiger partial charge in [-0.3, -0.25) is 0 Å². The van der Waals surface area contributed by atoms with Gasteiger partial charge in [0.15, 0.2) is 0 Å². The van der Waals surface area contributed by atoms with E-state index in [4.69, 9.17) is 10.7 Å². The molecule has 0 aromatic heterocycles. The van der Waals surface area contributed by atoms with Crippen molar-refractivity contribution in [2.24, 2.45) is 0 Å². The lowest BCUT2D eigenvalue weighted by Crippen LogP contribution is -2.00. The summed E-state index contributed by atoms with van der Waals surface area (Å²) in [5.74, 6) is -2.14. The highest BCUT2D eigenvalue weighted by Gasteiger charge is 2.15. The summed E-state index contributed by atoms with van der Waals surface area (Å²) >= 11 is 0.997. The van der Waals surface area contributed by atoms with Crippen molar-refractivity contribution < 1.29 is 17.2 Å². The summed E-state index contributed by atoms with van der Waals surface area (Å²) in [5, 5.41) is 0. The van der Waals surface area contributed by atoms with Crippen molar-refractivity contribution in [2.45, 2.75) is 10.6 Å². The van der Waals surface area contributed by atoms with Crippen LogP contribution in [0.5, 0.6) is 0 Å². The molecule has 1 aromatic rings. The van der Waals surface area contributed by atoms with Gasteiger partial charge < -0.3 is 0 Å². The van der Waals surface area contributed by atoms with Crippen LogP contribution >= 0.6 is 22.4 Å². The molecular formula is C8H7ClF2O2S2. The van der Waals surface area contributed by atoms with E-state index in [0.29, 0.717) is 0 Å². The van der Waals surface area contributed by atoms with Gasteiger partial charge in [0.1, 0.15) is 11.6 Å². The van der Waals surface area contributed by atoms with Gasteiger partial charge in [-0.05, 0) is 18.4 Å². The van der Waals surface area contributed by atoms with Crippen LogP contribution in [0.3, 0.4) is 0 Å². The summed E-state index contributed by atoms with van der Waals surface area (Å²) in [4.78, 5) is 0.0605. The number of thioether (sulfide) groups is 1. The second-order valence-electron chi connectivity index (χ2n) is 2.76. The van der Waals surface area contributed by atoms with Gasteiger partial charge in [0.05, 0.1) is 5.75 Å². The first-order valence-corrected chi connectivity index (χ1v) is 7.48. The molecule has 0 unspecified atom stereocenters. The minimum atomic E-state index is -3.89. The molecule has 0 radical (unpaired) electrons. The summed E-state index contributed by atoms with van der Waals surface area (Å²) in [6.45, 7) is 0. The zero-order valence-electron chi connectivity index (χ0n) is 7.63. The van der Waals surface area contributed by atoms with Gasteiger partial charge in [-0.1, -0.05) is 0 Å². The monoisotopic (exact) mass is 272 g/mol. The van der Waals surface area contributed by atoms with Crippen LogP contribution in [0, 0.1) is 11.6 Å². The van der Waals surface area contributed by atoms with E-state index in [0.717, 1.165) is 23.9 Å². The van der Waals surface area contributed by atoms with Crippen LogP contribution in [0.2, 0.25) is 0 Å². The van der Waals surface area contributed by atoms with Crippen molar-refractivity contribution in [2.75, 3.05) is 6.26 Å². The molecule has 0 aliphatic rings. The van der Waals surface area contributed by atoms with Crippen LogP contribution in [0.25, 0.3) is 0 Å². The predicted octanol–water partition coefficient (Wildman–Crippen LogP) is 2.76. The van der Waals surface area contributed by atoms with E-state index in [1.165, 1.54) is 0 Å². The van der Waals surface area contributed by atoms with Gasteiger partial charge in [-0.25, -0.2) is 17.2 Å². The average molecular weight is 273 g/mol. The summed E-state index contributed by atoms with van der Waals surface area (Å²) in [6, 6.07) is 1.83. The molecule has 0 saturated carbocycles. The molecule has 0 atom stereocenters. The first-order valence-electron chi connectivity index (χ1n) is 3.77. The lowest BCUT2D eigenvalue weighted by atomic mass is 10.2. The van der Waals surface area contributed by atoms with Gasteiger partial charge >= 0.3 is 0 Å². The van der Waals surface area contributed by atoms with Gasteiger partial charge in [0.2, 0.25) is 9.05 Å². The summed E-state index contributed by atoms with van der Waals surface area (Å²) in [5.41, 5.74) is -0.255. The first-order chi connectivity index (χ1) is 6.83. The number of halogens is 3. The molecule has 7 heteroatoms. The second-order valence-corrected chi connectivity index (χ2v) is 6.39. The Kier molecular flexibility index (Phi) is 3.97. The molecule has 2 nitrogen and oxygen atoms in total. The Morgan fingerprint density at radius 3 is 2.47 bits per heavy atom. The summed E-state index contributed by atoms with van der Waals surface area (Å²) < 4.78 is 47.9. The maximum absolute atomic E-state index is 13.5. The van der Waals surface area contributed by atoms with Gasteiger partial charge in [0.25, 0.3) is 0 Å². The molecule has 0 aliphatic heterocycles. The van der Waals surface area contributed by atoms with Crippen LogP contribution in [0.15, 0.2) is 17.0 Å². The smallest absolute Gasteiger partial charge is 0.212 e. The van der Waals surface area contributed by atoms with Crippen molar-refractivity contribution in [1.82, 2.24) is 0 Å². The maximum atomic E-state index is 13.5. The normalized spacial score (nSPS) is 11.7. The van der Waals surface area contributed by atoms with Crippen LogP contribution in [-0.2, 0) is 14.8 Å². The fourth-order valence-electron chi connectivity index (χ4n) is 1.06. The van der Waals surface area contributed by atoms with E-state index in [1.54, 1.807) is 6.26 Å². The third-order valence-electron chi connectivity index (χ3n) is 1.63. The molecular weight excluding hydrogens is 266 g/mol. The Balaban J connectivity index is 3.24. The van der Waals surface area contributed by atoms with Crippen LogP contribution in [0.1, 0.15) is 5.56 Å². The van der Waals surface area contributed by atoms with E-state index in [9.17, 15) is 17.2 Å².